The molecule has 0 radical (unpaired) electrons. The monoisotopic (exact) mass is 307 g/mol. The van der Waals surface area contributed by atoms with Gasteiger partial charge < -0.3 is 14.1 Å². The summed E-state index contributed by atoms with van der Waals surface area (Å²) < 4.78 is 11.9. The maximum absolute atomic E-state index is 5.41. The summed E-state index contributed by atoms with van der Waals surface area (Å²) in [6.07, 6.45) is 1.69. The summed E-state index contributed by atoms with van der Waals surface area (Å²) in [6.45, 7) is 3.48. The third kappa shape index (κ3) is 2.31. The SMILES string of the molecule is Brc1cc(-c2ccco2)ccc1N1CCOCC1. The minimum atomic E-state index is 0.798. The van der Waals surface area contributed by atoms with Crippen molar-refractivity contribution in [1.82, 2.24) is 0 Å². The molecule has 0 spiro atoms. The standard InChI is InChI=1S/C14H14BrNO2/c15-12-10-11(14-2-1-7-18-14)3-4-13(12)16-5-8-17-9-6-16/h1-4,7,10H,5-6,8-9H2. The Kier molecular flexibility index (Phi) is 3.39. The van der Waals surface area contributed by atoms with Gasteiger partial charge >= 0.3 is 0 Å². The van der Waals surface area contributed by atoms with Gasteiger partial charge in [0.15, 0.2) is 0 Å². The zero-order valence-electron chi connectivity index (χ0n) is 9.93. The molecule has 18 heavy (non-hydrogen) atoms. The predicted octanol–water partition coefficient (Wildman–Crippen LogP) is 3.55. The van der Waals surface area contributed by atoms with Gasteiger partial charge in [0.05, 0.1) is 25.2 Å². The van der Waals surface area contributed by atoms with Crippen LogP contribution < -0.4 is 4.90 Å². The van der Waals surface area contributed by atoms with Crippen molar-refractivity contribution in [2.24, 2.45) is 0 Å². The Bertz CT molecular complexity index is 519. The van der Waals surface area contributed by atoms with Crippen LogP contribution in [0.5, 0.6) is 0 Å². The minimum Gasteiger partial charge on any atom is -0.464 e. The molecule has 0 saturated carbocycles. The highest BCUT2D eigenvalue weighted by Crippen LogP contribution is 2.32. The molecular formula is C14H14BrNO2. The number of benzene rings is 1. The number of hydrogen-bond acceptors (Lipinski definition) is 3. The maximum Gasteiger partial charge on any atom is 0.133 e. The van der Waals surface area contributed by atoms with Crippen molar-refractivity contribution in [1.29, 1.82) is 0 Å². The fourth-order valence-corrected chi connectivity index (χ4v) is 2.79. The van der Waals surface area contributed by atoms with Crippen LogP contribution in [-0.2, 0) is 4.74 Å². The lowest BCUT2D eigenvalue weighted by Crippen LogP contribution is -2.36. The quantitative estimate of drug-likeness (QED) is 0.848. The zero-order chi connectivity index (χ0) is 12.4. The van der Waals surface area contributed by atoms with Crippen LogP contribution in [0.25, 0.3) is 11.3 Å². The molecule has 3 rings (SSSR count). The van der Waals surface area contributed by atoms with Gasteiger partial charge in [0.1, 0.15) is 5.76 Å². The van der Waals surface area contributed by atoms with E-state index < -0.39 is 0 Å². The number of halogens is 1. The van der Waals surface area contributed by atoms with E-state index in [1.54, 1.807) is 6.26 Å². The van der Waals surface area contributed by atoms with Gasteiger partial charge in [-0.3, -0.25) is 0 Å². The third-order valence-corrected chi connectivity index (χ3v) is 3.74. The lowest BCUT2D eigenvalue weighted by atomic mass is 10.1. The average molecular weight is 308 g/mol. The number of morpholine rings is 1. The summed E-state index contributed by atoms with van der Waals surface area (Å²) in [7, 11) is 0. The number of furan rings is 1. The molecule has 94 valence electrons. The first-order valence-corrected chi connectivity index (χ1v) is 6.80. The molecule has 2 heterocycles. The number of anilines is 1. The first-order chi connectivity index (χ1) is 8.84. The molecule has 3 nitrogen and oxygen atoms in total. The Hall–Kier alpha value is -1.26. The second kappa shape index (κ2) is 5.16. The number of hydrogen-bond donors (Lipinski definition) is 0. The summed E-state index contributed by atoms with van der Waals surface area (Å²) in [5.41, 5.74) is 2.30. The fraction of sp³-hybridized carbons (Fsp3) is 0.286. The Balaban J connectivity index is 1.89. The second-order valence-electron chi connectivity index (χ2n) is 4.24. The van der Waals surface area contributed by atoms with E-state index in [1.807, 2.05) is 12.1 Å². The number of rotatable bonds is 2. The van der Waals surface area contributed by atoms with Crippen LogP contribution in [0.15, 0.2) is 45.5 Å². The Morgan fingerprint density at radius 2 is 1.94 bits per heavy atom. The molecule has 1 aliphatic heterocycles. The van der Waals surface area contributed by atoms with Gasteiger partial charge in [-0.15, -0.1) is 0 Å². The molecule has 1 fully saturated rings. The molecule has 1 saturated heterocycles. The van der Waals surface area contributed by atoms with Gasteiger partial charge in [-0.25, -0.2) is 0 Å². The largest absolute Gasteiger partial charge is 0.464 e. The molecule has 2 aromatic rings. The van der Waals surface area contributed by atoms with E-state index in [0.717, 1.165) is 42.1 Å². The van der Waals surface area contributed by atoms with Gasteiger partial charge in [-0.2, -0.15) is 0 Å². The molecule has 0 amide bonds. The molecule has 4 heteroatoms. The summed E-state index contributed by atoms with van der Waals surface area (Å²) >= 11 is 3.64. The van der Waals surface area contributed by atoms with Gasteiger partial charge in [0.25, 0.3) is 0 Å². The van der Waals surface area contributed by atoms with Crippen molar-refractivity contribution in [3.8, 4) is 11.3 Å². The first kappa shape index (κ1) is 11.8. The lowest BCUT2D eigenvalue weighted by Gasteiger charge is -2.29. The molecule has 1 aromatic heterocycles. The van der Waals surface area contributed by atoms with Crippen LogP contribution in [0, 0.1) is 0 Å². The summed E-state index contributed by atoms with van der Waals surface area (Å²) in [4.78, 5) is 2.33. The predicted molar refractivity (Wildman–Crippen MR) is 74.9 cm³/mol. The lowest BCUT2D eigenvalue weighted by molar-refractivity contribution is 0.122. The van der Waals surface area contributed by atoms with Crippen LogP contribution in [0.2, 0.25) is 0 Å². The zero-order valence-corrected chi connectivity index (χ0v) is 11.5. The van der Waals surface area contributed by atoms with Crippen molar-refractivity contribution in [3.63, 3.8) is 0 Å². The molecule has 0 N–H and O–H groups in total. The Labute approximate surface area is 114 Å². The van der Waals surface area contributed by atoms with Crippen LogP contribution in [-0.4, -0.2) is 26.3 Å². The third-order valence-electron chi connectivity index (χ3n) is 3.11. The van der Waals surface area contributed by atoms with E-state index in [4.69, 9.17) is 9.15 Å². The molecule has 0 bridgehead atoms. The van der Waals surface area contributed by atoms with E-state index in [0.29, 0.717) is 0 Å². The van der Waals surface area contributed by atoms with Crippen LogP contribution >= 0.6 is 15.9 Å². The van der Waals surface area contributed by atoms with Gasteiger partial charge in [0, 0.05) is 23.1 Å². The van der Waals surface area contributed by atoms with Crippen molar-refractivity contribution < 1.29 is 9.15 Å². The van der Waals surface area contributed by atoms with E-state index in [2.05, 4.69) is 39.0 Å². The minimum absolute atomic E-state index is 0.798. The maximum atomic E-state index is 5.41. The van der Waals surface area contributed by atoms with Gasteiger partial charge in [-0.05, 0) is 46.3 Å². The van der Waals surface area contributed by atoms with Crippen LogP contribution in [0.3, 0.4) is 0 Å². The number of nitrogens with zero attached hydrogens (tertiary/aromatic N) is 1. The molecule has 1 aliphatic rings. The Morgan fingerprint density at radius 3 is 2.61 bits per heavy atom. The highest BCUT2D eigenvalue weighted by atomic mass is 79.9. The fourth-order valence-electron chi connectivity index (χ4n) is 2.16. The van der Waals surface area contributed by atoms with Crippen molar-refractivity contribution in [2.75, 3.05) is 31.2 Å². The van der Waals surface area contributed by atoms with Gasteiger partial charge in [0.2, 0.25) is 0 Å². The second-order valence-corrected chi connectivity index (χ2v) is 5.10. The van der Waals surface area contributed by atoms with Crippen molar-refractivity contribution in [3.05, 3.63) is 41.1 Å². The topological polar surface area (TPSA) is 25.6 Å². The van der Waals surface area contributed by atoms with Crippen LogP contribution in [0.1, 0.15) is 0 Å². The van der Waals surface area contributed by atoms with E-state index >= 15 is 0 Å². The average Bonchev–Trinajstić information content (AvgIpc) is 2.93. The highest BCUT2D eigenvalue weighted by Gasteiger charge is 2.14. The summed E-state index contributed by atoms with van der Waals surface area (Å²) in [5, 5.41) is 0. The van der Waals surface area contributed by atoms with E-state index in [1.165, 1.54) is 5.69 Å². The van der Waals surface area contributed by atoms with Crippen LogP contribution in [0.4, 0.5) is 5.69 Å². The highest BCUT2D eigenvalue weighted by molar-refractivity contribution is 9.10. The van der Waals surface area contributed by atoms with E-state index in [-0.39, 0.29) is 0 Å². The van der Waals surface area contributed by atoms with Crippen molar-refractivity contribution in [2.45, 2.75) is 0 Å². The van der Waals surface area contributed by atoms with Crippen molar-refractivity contribution >= 4 is 21.6 Å². The number of ether oxygens (including phenoxy) is 1. The van der Waals surface area contributed by atoms with E-state index in [9.17, 15) is 0 Å². The summed E-state index contributed by atoms with van der Waals surface area (Å²) in [5.74, 6) is 0.893. The normalized spacial score (nSPS) is 15.9. The summed E-state index contributed by atoms with van der Waals surface area (Å²) in [6, 6.07) is 10.2. The van der Waals surface area contributed by atoms with Gasteiger partial charge in [-0.1, -0.05) is 0 Å². The molecule has 0 atom stereocenters. The Morgan fingerprint density at radius 1 is 1.11 bits per heavy atom. The molecular weight excluding hydrogens is 294 g/mol. The first-order valence-electron chi connectivity index (χ1n) is 6.01. The molecule has 0 aliphatic carbocycles. The molecule has 0 unspecified atom stereocenters. The molecule has 1 aromatic carbocycles. The smallest absolute Gasteiger partial charge is 0.133 e.